The molecule has 0 aliphatic carbocycles. The van der Waals surface area contributed by atoms with Gasteiger partial charge in [-0.15, -0.1) is 0 Å². The number of hydrogen-bond acceptors (Lipinski definition) is 1. The molecule has 9 aromatic rings. The molecular formula is C47H34N2. The van der Waals surface area contributed by atoms with Gasteiger partial charge in [-0.1, -0.05) is 139 Å². The van der Waals surface area contributed by atoms with Crippen molar-refractivity contribution in [2.45, 2.75) is 6.92 Å². The van der Waals surface area contributed by atoms with Gasteiger partial charge < -0.3 is 9.47 Å². The zero-order chi connectivity index (χ0) is 32.7. The number of rotatable bonds is 6. The van der Waals surface area contributed by atoms with Gasteiger partial charge in [0, 0.05) is 27.8 Å². The number of benzene rings is 8. The van der Waals surface area contributed by atoms with Crippen LogP contribution in [0.2, 0.25) is 0 Å². The van der Waals surface area contributed by atoms with Crippen molar-refractivity contribution in [2.24, 2.45) is 0 Å². The normalized spacial score (nSPS) is 11.4. The topological polar surface area (TPSA) is 8.17 Å². The van der Waals surface area contributed by atoms with E-state index in [1.807, 2.05) is 0 Å². The van der Waals surface area contributed by atoms with Crippen molar-refractivity contribution in [3.05, 3.63) is 194 Å². The molecule has 0 radical (unpaired) electrons. The summed E-state index contributed by atoms with van der Waals surface area (Å²) in [4.78, 5) is 2.40. The molecule has 232 valence electrons. The van der Waals surface area contributed by atoms with Gasteiger partial charge >= 0.3 is 0 Å². The zero-order valence-electron chi connectivity index (χ0n) is 27.3. The first-order valence-electron chi connectivity index (χ1n) is 16.9. The minimum Gasteiger partial charge on any atom is -0.310 e. The van der Waals surface area contributed by atoms with Crippen molar-refractivity contribution in [2.75, 3.05) is 4.90 Å². The monoisotopic (exact) mass is 626 g/mol. The summed E-state index contributed by atoms with van der Waals surface area (Å²) in [5, 5.41) is 4.98. The van der Waals surface area contributed by atoms with Crippen molar-refractivity contribution in [3.8, 4) is 27.9 Å². The van der Waals surface area contributed by atoms with Crippen LogP contribution in [-0.2, 0) is 0 Å². The highest BCUT2D eigenvalue weighted by Crippen LogP contribution is 2.44. The molecule has 0 amide bonds. The van der Waals surface area contributed by atoms with Crippen molar-refractivity contribution >= 4 is 49.6 Å². The lowest BCUT2D eigenvalue weighted by atomic mass is 9.98. The van der Waals surface area contributed by atoms with Crippen LogP contribution in [-0.4, -0.2) is 4.57 Å². The largest absolute Gasteiger partial charge is 0.310 e. The van der Waals surface area contributed by atoms with Gasteiger partial charge in [0.2, 0.25) is 0 Å². The third kappa shape index (κ3) is 5.06. The van der Waals surface area contributed by atoms with Gasteiger partial charge in [-0.2, -0.15) is 0 Å². The summed E-state index contributed by atoms with van der Waals surface area (Å²) >= 11 is 0. The summed E-state index contributed by atoms with van der Waals surface area (Å²) in [5.41, 5.74) is 13.0. The number of aromatic nitrogens is 1. The highest BCUT2D eigenvalue weighted by atomic mass is 15.1. The Kier molecular flexibility index (Phi) is 7.06. The quantitative estimate of drug-likeness (QED) is 0.178. The van der Waals surface area contributed by atoms with E-state index in [0.717, 1.165) is 22.7 Å². The molecule has 0 aliphatic rings. The molecule has 1 aromatic heterocycles. The van der Waals surface area contributed by atoms with Gasteiger partial charge in [0.15, 0.2) is 0 Å². The molecule has 0 atom stereocenters. The van der Waals surface area contributed by atoms with E-state index < -0.39 is 0 Å². The number of hydrogen-bond donors (Lipinski definition) is 0. The Hall–Kier alpha value is -6.38. The van der Waals surface area contributed by atoms with E-state index in [0.29, 0.717) is 0 Å². The van der Waals surface area contributed by atoms with Crippen LogP contribution in [0.1, 0.15) is 5.56 Å². The predicted octanol–water partition coefficient (Wildman–Crippen LogP) is 13.0. The van der Waals surface area contributed by atoms with E-state index in [1.54, 1.807) is 0 Å². The molecular weight excluding hydrogens is 593 g/mol. The molecule has 49 heavy (non-hydrogen) atoms. The lowest BCUT2D eigenvalue weighted by Crippen LogP contribution is -2.10. The molecule has 0 fully saturated rings. The number of fused-ring (bicyclic) bond motifs is 4. The van der Waals surface area contributed by atoms with Crippen molar-refractivity contribution in [1.29, 1.82) is 0 Å². The van der Waals surface area contributed by atoms with Crippen molar-refractivity contribution in [3.63, 3.8) is 0 Å². The molecule has 2 nitrogen and oxygen atoms in total. The summed E-state index contributed by atoms with van der Waals surface area (Å²) in [6.07, 6.45) is 0. The Morgan fingerprint density at radius 1 is 0.408 bits per heavy atom. The summed E-state index contributed by atoms with van der Waals surface area (Å²) in [6.45, 7) is 2.14. The maximum absolute atomic E-state index is 2.41. The second kappa shape index (κ2) is 12.0. The van der Waals surface area contributed by atoms with Gasteiger partial charge in [-0.05, 0) is 94.5 Å². The Morgan fingerprint density at radius 3 is 1.76 bits per heavy atom. The summed E-state index contributed by atoms with van der Waals surface area (Å²) in [5.74, 6) is 0. The van der Waals surface area contributed by atoms with Crippen LogP contribution in [0.5, 0.6) is 0 Å². The fourth-order valence-corrected chi connectivity index (χ4v) is 7.29. The van der Waals surface area contributed by atoms with Crippen molar-refractivity contribution < 1.29 is 0 Å². The molecule has 8 aromatic carbocycles. The van der Waals surface area contributed by atoms with Gasteiger partial charge in [0.25, 0.3) is 0 Å². The van der Waals surface area contributed by atoms with Crippen LogP contribution in [0, 0.1) is 6.92 Å². The highest BCUT2D eigenvalue weighted by Gasteiger charge is 2.21. The van der Waals surface area contributed by atoms with E-state index >= 15 is 0 Å². The molecule has 9 rings (SSSR count). The second-order valence-corrected chi connectivity index (χ2v) is 12.7. The molecule has 1 heterocycles. The molecule has 0 bridgehead atoms. The number of anilines is 3. The minimum absolute atomic E-state index is 1.12. The predicted molar refractivity (Wildman–Crippen MR) is 209 cm³/mol. The average Bonchev–Trinajstić information content (AvgIpc) is 3.51. The lowest BCUT2D eigenvalue weighted by molar-refractivity contribution is 1.18. The molecule has 0 aliphatic heterocycles. The molecule has 0 spiro atoms. The Labute approximate surface area is 286 Å². The van der Waals surface area contributed by atoms with Crippen LogP contribution < -0.4 is 4.90 Å². The number of nitrogens with zero attached hydrogens (tertiary/aromatic N) is 2. The lowest BCUT2D eigenvalue weighted by Gasteiger charge is -2.27. The first-order valence-corrected chi connectivity index (χ1v) is 16.9. The summed E-state index contributed by atoms with van der Waals surface area (Å²) < 4.78 is 2.41. The van der Waals surface area contributed by atoms with Crippen LogP contribution in [0.3, 0.4) is 0 Å². The fraction of sp³-hybridized carbons (Fsp3) is 0.0213. The standard InChI is InChI=1S/C47H34N2/c1-33-21-27-38(28-22-33)48(39-29-23-35(24-30-39)34-11-3-2-4-12-34)45-19-10-20-46-47(45)43-16-7-8-18-44(43)49(46)40-31-25-37(26-32-40)42-17-9-14-36-13-5-6-15-41(36)42/h2-32H,1H3. The molecule has 0 N–H and O–H groups in total. The first-order chi connectivity index (χ1) is 24.2. The summed E-state index contributed by atoms with van der Waals surface area (Å²) in [6, 6.07) is 68.0. The number of aryl methyl sites for hydroxylation is 1. The zero-order valence-corrected chi connectivity index (χ0v) is 27.3. The van der Waals surface area contributed by atoms with E-state index in [4.69, 9.17) is 0 Å². The summed E-state index contributed by atoms with van der Waals surface area (Å²) in [7, 11) is 0. The van der Waals surface area contributed by atoms with E-state index in [2.05, 4.69) is 204 Å². The van der Waals surface area contributed by atoms with Crippen LogP contribution in [0.4, 0.5) is 17.1 Å². The Bertz CT molecular complexity index is 2570. The molecule has 0 unspecified atom stereocenters. The van der Waals surface area contributed by atoms with Gasteiger partial charge in [-0.25, -0.2) is 0 Å². The number of para-hydroxylation sites is 1. The Morgan fingerprint density at radius 2 is 0.980 bits per heavy atom. The minimum atomic E-state index is 1.12. The van der Waals surface area contributed by atoms with E-state index in [-0.39, 0.29) is 0 Å². The van der Waals surface area contributed by atoms with E-state index in [9.17, 15) is 0 Å². The maximum Gasteiger partial charge on any atom is 0.0562 e. The highest BCUT2D eigenvalue weighted by molar-refractivity contribution is 6.16. The molecule has 2 heteroatoms. The van der Waals surface area contributed by atoms with Crippen LogP contribution >= 0.6 is 0 Å². The SMILES string of the molecule is Cc1ccc(N(c2ccc(-c3ccccc3)cc2)c2cccc3c2c2ccccc2n3-c2ccc(-c3cccc4ccccc34)cc2)cc1. The third-order valence-electron chi connectivity index (χ3n) is 9.67. The third-order valence-corrected chi connectivity index (χ3v) is 9.67. The Balaban J connectivity index is 1.22. The van der Waals surface area contributed by atoms with E-state index in [1.165, 1.54) is 60.4 Å². The maximum atomic E-state index is 2.41. The van der Waals surface area contributed by atoms with Crippen LogP contribution in [0.15, 0.2) is 188 Å². The second-order valence-electron chi connectivity index (χ2n) is 12.7. The van der Waals surface area contributed by atoms with Gasteiger partial charge in [0.1, 0.15) is 0 Å². The fourth-order valence-electron chi connectivity index (χ4n) is 7.29. The van der Waals surface area contributed by atoms with Gasteiger partial charge in [-0.3, -0.25) is 0 Å². The average molecular weight is 627 g/mol. The molecule has 0 saturated heterocycles. The van der Waals surface area contributed by atoms with Crippen LogP contribution in [0.25, 0.3) is 60.5 Å². The first kappa shape index (κ1) is 28.8. The van der Waals surface area contributed by atoms with Gasteiger partial charge in [0.05, 0.1) is 16.7 Å². The molecule has 0 saturated carbocycles. The van der Waals surface area contributed by atoms with Crippen molar-refractivity contribution in [1.82, 2.24) is 4.57 Å². The smallest absolute Gasteiger partial charge is 0.0562 e.